The summed E-state index contributed by atoms with van der Waals surface area (Å²) in [5, 5.41) is 6.36. The van der Waals surface area contributed by atoms with Crippen LogP contribution in [0.15, 0.2) is 22.7 Å². The van der Waals surface area contributed by atoms with E-state index in [4.69, 9.17) is 4.52 Å². The smallest absolute Gasteiger partial charge is 0.330 e. The van der Waals surface area contributed by atoms with Crippen LogP contribution in [0.1, 0.15) is 41.4 Å². The lowest BCUT2D eigenvalue weighted by atomic mass is 9.83. The molecule has 1 amide bonds. The van der Waals surface area contributed by atoms with Gasteiger partial charge in [0.2, 0.25) is 0 Å². The molecule has 1 heterocycles. The summed E-state index contributed by atoms with van der Waals surface area (Å²) >= 11 is 0. The molecule has 0 atom stereocenters. The van der Waals surface area contributed by atoms with Crippen LogP contribution in [-0.2, 0) is 9.53 Å². The molecule has 1 aliphatic carbocycles. The van der Waals surface area contributed by atoms with Crippen LogP contribution in [0.3, 0.4) is 0 Å². The third-order valence-corrected chi connectivity index (χ3v) is 3.10. The molecule has 0 saturated heterocycles. The molecule has 1 aromatic heterocycles. The fourth-order valence-corrected chi connectivity index (χ4v) is 1.75. The summed E-state index contributed by atoms with van der Waals surface area (Å²) < 4.78 is 9.57. The molecule has 1 saturated carbocycles. The van der Waals surface area contributed by atoms with Gasteiger partial charge in [0.1, 0.15) is 5.76 Å². The SMILES string of the molecule is COC(=O)/C=C/CNC(=O)c1cc(C2CCC2)on1. The second kappa shape index (κ2) is 6.17. The quantitative estimate of drug-likeness (QED) is 0.642. The highest BCUT2D eigenvalue weighted by Gasteiger charge is 2.24. The number of nitrogens with zero attached hydrogens (tertiary/aromatic N) is 1. The van der Waals surface area contributed by atoms with E-state index in [1.165, 1.54) is 25.7 Å². The summed E-state index contributed by atoms with van der Waals surface area (Å²) in [6.07, 6.45) is 6.15. The lowest BCUT2D eigenvalue weighted by Gasteiger charge is -2.21. The van der Waals surface area contributed by atoms with Gasteiger partial charge in [-0.25, -0.2) is 4.79 Å². The first-order valence-corrected chi connectivity index (χ1v) is 6.20. The van der Waals surface area contributed by atoms with E-state index >= 15 is 0 Å². The Hall–Kier alpha value is -2.11. The number of ether oxygens (including phenoxy) is 1. The summed E-state index contributed by atoms with van der Waals surface area (Å²) in [5.41, 5.74) is 0.272. The van der Waals surface area contributed by atoms with E-state index in [2.05, 4.69) is 15.2 Å². The minimum atomic E-state index is -0.456. The van der Waals surface area contributed by atoms with E-state index in [9.17, 15) is 9.59 Å². The second-order valence-electron chi connectivity index (χ2n) is 4.38. The Labute approximate surface area is 110 Å². The highest BCUT2D eigenvalue weighted by molar-refractivity contribution is 5.92. The van der Waals surface area contributed by atoms with Crippen molar-refractivity contribution in [1.29, 1.82) is 0 Å². The van der Waals surface area contributed by atoms with Crippen molar-refractivity contribution in [3.63, 3.8) is 0 Å². The van der Waals surface area contributed by atoms with Crippen molar-refractivity contribution in [2.45, 2.75) is 25.2 Å². The first-order chi connectivity index (χ1) is 9.20. The third-order valence-electron chi connectivity index (χ3n) is 3.10. The first-order valence-electron chi connectivity index (χ1n) is 6.20. The molecular formula is C13H16N2O4. The van der Waals surface area contributed by atoms with Gasteiger partial charge in [-0.15, -0.1) is 0 Å². The number of carbonyl (C=O) groups is 2. The minimum Gasteiger partial charge on any atom is -0.466 e. The maximum atomic E-state index is 11.7. The monoisotopic (exact) mass is 264 g/mol. The van der Waals surface area contributed by atoms with Crippen LogP contribution in [0.4, 0.5) is 0 Å². The number of nitrogens with one attached hydrogen (secondary N) is 1. The van der Waals surface area contributed by atoms with Crippen molar-refractivity contribution in [1.82, 2.24) is 10.5 Å². The molecule has 0 bridgehead atoms. The van der Waals surface area contributed by atoms with E-state index in [-0.39, 0.29) is 18.1 Å². The lowest BCUT2D eigenvalue weighted by molar-refractivity contribution is -0.134. The van der Waals surface area contributed by atoms with Crippen LogP contribution in [-0.4, -0.2) is 30.7 Å². The Balaban J connectivity index is 1.81. The normalized spacial score (nSPS) is 15.2. The second-order valence-corrected chi connectivity index (χ2v) is 4.38. The Morgan fingerprint density at radius 2 is 2.37 bits per heavy atom. The standard InChI is InChI=1S/C13H16N2O4/c1-18-12(16)6-3-7-14-13(17)10-8-11(19-15-10)9-4-2-5-9/h3,6,8-9H,2,4-5,7H2,1H3,(H,14,17)/b6-3+. The average molecular weight is 264 g/mol. The van der Waals surface area contributed by atoms with Gasteiger partial charge in [0.15, 0.2) is 5.69 Å². The minimum absolute atomic E-state index is 0.236. The average Bonchev–Trinajstić information content (AvgIpc) is 2.81. The summed E-state index contributed by atoms with van der Waals surface area (Å²) in [5.74, 6) is 0.418. The Kier molecular flexibility index (Phi) is 4.33. The van der Waals surface area contributed by atoms with Gasteiger partial charge in [0.05, 0.1) is 7.11 Å². The number of esters is 1. The van der Waals surface area contributed by atoms with Crippen molar-refractivity contribution >= 4 is 11.9 Å². The first kappa shape index (κ1) is 13.3. The van der Waals surface area contributed by atoms with E-state index in [1.807, 2.05) is 0 Å². The topological polar surface area (TPSA) is 81.4 Å². The zero-order valence-electron chi connectivity index (χ0n) is 10.7. The molecule has 0 radical (unpaired) electrons. The predicted molar refractivity (Wildman–Crippen MR) is 66.6 cm³/mol. The van der Waals surface area contributed by atoms with E-state index in [0.29, 0.717) is 5.92 Å². The van der Waals surface area contributed by atoms with Gasteiger partial charge in [-0.1, -0.05) is 17.7 Å². The van der Waals surface area contributed by atoms with Crippen molar-refractivity contribution in [2.24, 2.45) is 0 Å². The van der Waals surface area contributed by atoms with Gasteiger partial charge >= 0.3 is 5.97 Å². The molecule has 102 valence electrons. The fourth-order valence-electron chi connectivity index (χ4n) is 1.75. The van der Waals surface area contributed by atoms with Crippen molar-refractivity contribution in [2.75, 3.05) is 13.7 Å². The fraction of sp³-hybridized carbons (Fsp3) is 0.462. The van der Waals surface area contributed by atoms with Gasteiger partial charge < -0.3 is 14.6 Å². The molecule has 2 rings (SSSR count). The molecule has 0 unspecified atom stereocenters. The van der Waals surface area contributed by atoms with E-state index in [1.54, 1.807) is 6.07 Å². The molecule has 1 fully saturated rings. The number of aromatic nitrogens is 1. The molecule has 0 aromatic carbocycles. The zero-order valence-corrected chi connectivity index (χ0v) is 10.7. The lowest BCUT2D eigenvalue weighted by Crippen LogP contribution is -2.23. The van der Waals surface area contributed by atoms with Gasteiger partial charge in [0, 0.05) is 24.6 Å². The van der Waals surface area contributed by atoms with Crippen LogP contribution in [0.2, 0.25) is 0 Å². The zero-order chi connectivity index (χ0) is 13.7. The number of carbonyl (C=O) groups excluding carboxylic acids is 2. The molecular weight excluding hydrogens is 248 g/mol. The van der Waals surface area contributed by atoms with Gasteiger partial charge in [-0.05, 0) is 12.8 Å². The van der Waals surface area contributed by atoms with E-state index in [0.717, 1.165) is 18.6 Å². The van der Waals surface area contributed by atoms with Crippen LogP contribution in [0, 0.1) is 0 Å². The van der Waals surface area contributed by atoms with Gasteiger partial charge in [-0.2, -0.15) is 0 Å². The van der Waals surface area contributed by atoms with Crippen LogP contribution in [0.25, 0.3) is 0 Å². The molecule has 0 aliphatic heterocycles. The predicted octanol–water partition coefficient (Wildman–Crippen LogP) is 1.40. The maximum absolute atomic E-state index is 11.7. The summed E-state index contributed by atoms with van der Waals surface area (Å²) in [6, 6.07) is 1.68. The Bertz CT molecular complexity index is 489. The molecule has 1 N–H and O–H groups in total. The largest absolute Gasteiger partial charge is 0.466 e. The summed E-state index contributed by atoms with van der Waals surface area (Å²) in [7, 11) is 1.29. The molecule has 19 heavy (non-hydrogen) atoms. The van der Waals surface area contributed by atoms with Gasteiger partial charge in [0.25, 0.3) is 5.91 Å². The number of amides is 1. The molecule has 1 aromatic rings. The van der Waals surface area contributed by atoms with Gasteiger partial charge in [-0.3, -0.25) is 4.79 Å². The molecule has 0 spiro atoms. The molecule has 1 aliphatic rings. The summed E-state index contributed by atoms with van der Waals surface area (Å²) in [6.45, 7) is 0.236. The van der Waals surface area contributed by atoms with Crippen LogP contribution in [0.5, 0.6) is 0 Å². The van der Waals surface area contributed by atoms with Crippen molar-refractivity contribution < 1.29 is 18.8 Å². The Morgan fingerprint density at radius 3 is 3.00 bits per heavy atom. The summed E-state index contributed by atoms with van der Waals surface area (Å²) in [4.78, 5) is 22.5. The van der Waals surface area contributed by atoms with Crippen LogP contribution < -0.4 is 5.32 Å². The number of hydrogen-bond donors (Lipinski definition) is 1. The highest BCUT2D eigenvalue weighted by atomic mass is 16.5. The van der Waals surface area contributed by atoms with E-state index < -0.39 is 5.97 Å². The maximum Gasteiger partial charge on any atom is 0.330 e. The van der Waals surface area contributed by atoms with Crippen molar-refractivity contribution in [3.05, 3.63) is 29.7 Å². The highest BCUT2D eigenvalue weighted by Crippen LogP contribution is 2.36. The molecule has 6 heteroatoms. The third kappa shape index (κ3) is 3.43. The number of hydrogen-bond acceptors (Lipinski definition) is 5. The van der Waals surface area contributed by atoms with Crippen molar-refractivity contribution in [3.8, 4) is 0 Å². The number of rotatable bonds is 5. The number of methoxy groups -OCH3 is 1. The molecule has 6 nitrogen and oxygen atoms in total. The Morgan fingerprint density at radius 1 is 1.58 bits per heavy atom. The van der Waals surface area contributed by atoms with Crippen LogP contribution >= 0.6 is 0 Å².